The number of unbranched alkanes of at least 4 members (excludes halogenated alkanes) is 3. The van der Waals surface area contributed by atoms with Crippen LogP contribution < -0.4 is 5.32 Å². The third kappa shape index (κ3) is 12.9. The number of halogens is 6. The van der Waals surface area contributed by atoms with Gasteiger partial charge < -0.3 is 18.7 Å². The van der Waals surface area contributed by atoms with Crippen molar-refractivity contribution in [3.8, 4) is 0 Å². The van der Waals surface area contributed by atoms with E-state index in [1.54, 1.807) is 0 Å². The molecule has 1 heterocycles. The number of sulfonamides is 2. The lowest BCUT2D eigenvalue weighted by Gasteiger charge is -2.37. The van der Waals surface area contributed by atoms with E-state index in [9.17, 15) is 48.0 Å². The summed E-state index contributed by atoms with van der Waals surface area (Å²) in [4.78, 5) is 12.2. The number of amides is 1. The molecule has 254 valence electrons. The molecule has 0 aromatic heterocycles. The quantitative estimate of drug-likeness (QED) is 0.145. The van der Waals surface area contributed by atoms with Crippen LogP contribution in [-0.4, -0.2) is 71.7 Å². The Labute approximate surface area is 255 Å². The molecule has 0 saturated carbocycles. The fourth-order valence-corrected chi connectivity index (χ4v) is 6.07. The van der Waals surface area contributed by atoms with Crippen molar-refractivity contribution in [1.82, 2.24) is 5.32 Å². The number of ether oxygens (including phenoxy) is 1. The van der Waals surface area contributed by atoms with Gasteiger partial charge in [-0.3, -0.25) is 0 Å². The second-order valence-corrected chi connectivity index (χ2v) is 14.9. The number of quaternary nitrogens is 1. The van der Waals surface area contributed by atoms with Crippen LogP contribution in [0.3, 0.4) is 0 Å². The highest BCUT2D eigenvalue weighted by molar-refractivity contribution is 8.13. The Morgan fingerprint density at radius 3 is 1.95 bits per heavy atom. The molecule has 1 amide bonds. The SMILES string of the molecule is C=C(C)c1cccc(C(C)(C)NC(=O)OCCCCCC[N+]2(C)CCCCC2)c1.O=S(=O)([N-]S(=O)(=O)C(F)(F)F)C(F)(F)F. The fraction of sp³-hybridized carbons (Fsp3) is 0.667. The van der Waals surface area contributed by atoms with Crippen molar-refractivity contribution in [2.75, 3.05) is 33.3 Å². The number of likely N-dealkylation sites (tertiary alicyclic amines) is 1. The molecule has 1 aromatic carbocycles. The van der Waals surface area contributed by atoms with Crippen molar-refractivity contribution in [3.05, 3.63) is 46.1 Å². The van der Waals surface area contributed by atoms with E-state index in [1.807, 2.05) is 39.0 Å². The van der Waals surface area contributed by atoms with Gasteiger partial charge in [-0.2, -0.15) is 26.3 Å². The summed E-state index contributed by atoms with van der Waals surface area (Å²) < 4.78 is 116. The molecule has 1 aliphatic rings. The average Bonchev–Trinajstić information content (AvgIpc) is 2.87. The normalized spacial score (nSPS) is 16.0. The Morgan fingerprint density at radius 1 is 0.932 bits per heavy atom. The number of rotatable bonds is 12. The van der Waals surface area contributed by atoms with Crippen molar-refractivity contribution in [2.24, 2.45) is 0 Å². The number of nitrogens with zero attached hydrogens (tertiary/aromatic N) is 2. The Morgan fingerprint density at radius 2 is 1.45 bits per heavy atom. The minimum atomic E-state index is -6.72. The van der Waals surface area contributed by atoms with Gasteiger partial charge in [-0.05, 0) is 82.9 Å². The molecule has 0 atom stereocenters. The highest BCUT2D eigenvalue weighted by Crippen LogP contribution is 2.36. The van der Waals surface area contributed by atoms with Gasteiger partial charge in [0.05, 0.1) is 38.8 Å². The summed E-state index contributed by atoms with van der Waals surface area (Å²) in [6.07, 6.45) is 8.37. The van der Waals surface area contributed by atoms with E-state index in [1.165, 1.54) is 56.2 Å². The lowest BCUT2D eigenvalue weighted by molar-refractivity contribution is -0.914. The van der Waals surface area contributed by atoms with Crippen LogP contribution in [0.25, 0.3) is 9.70 Å². The third-order valence-electron chi connectivity index (χ3n) is 6.99. The molecular weight excluding hydrogens is 640 g/mol. The molecule has 0 bridgehead atoms. The summed E-state index contributed by atoms with van der Waals surface area (Å²) in [6, 6.07) is 8.14. The molecule has 17 heteroatoms. The van der Waals surface area contributed by atoms with Gasteiger partial charge in [0.1, 0.15) is 0 Å². The van der Waals surface area contributed by atoms with Crippen LogP contribution in [0, 0.1) is 0 Å². The summed E-state index contributed by atoms with van der Waals surface area (Å²) >= 11 is 0. The van der Waals surface area contributed by atoms with Gasteiger partial charge in [0, 0.05) is 0 Å². The minimum absolute atomic E-state index is 0.345. The largest absolute Gasteiger partial charge is 0.480 e. The molecule has 0 spiro atoms. The first-order chi connectivity index (χ1) is 19.9. The molecule has 2 rings (SSSR count). The number of nitrogens with one attached hydrogen (secondary N) is 1. The van der Waals surface area contributed by atoms with Gasteiger partial charge >= 0.3 is 17.1 Å². The maximum absolute atomic E-state index is 12.2. The predicted molar refractivity (Wildman–Crippen MR) is 155 cm³/mol. The smallest absolute Gasteiger partial charge is 0.450 e. The third-order valence-corrected chi connectivity index (χ3v) is 9.73. The first-order valence-electron chi connectivity index (χ1n) is 13.8. The topological polar surface area (TPSA) is 121 Å². The van der Waals surface area contributed by atoms with Crippen molar-refractivity contribution in [3.63, 3.8) is 0 Å². The first kappa shape index (κ1) is 39.7. The number of carbonyl (C=O) groups excluding carboxylic acids is 1. The second-order valence-electron chi connectivity index (χ2n) is 11.4. The molecule has 0 aliphatic carbocycles. The van der Waals surface area contributed by atoms with E-state index >= 15 is 0 Å². The van der Waals surface area contributed by atoms with E-state index in [0.29, 0.717) is 6.61 Å². The van der Waals surface area contributed by atoms with Crippen LogP contribution >= 0.6 is 0 Å². The molecular formula is C27H41F6N3O6S2. The van der Waals surface area contributed by atoms with E-state index in [2.05, 4.69) is 25.0 Å². The van der Waals surface area contributed by atoms with Crippen molar-refractivity contribution >= 4 is 31.7 Å². The Bertz CT molecular complexity index is 1280. The standard InChI is InChI=1S/C25H40N2O2.C2F6NO4S2/c1-21(2)22-14-13-15-23(20-22)25(3,4)26-24(28)29-19-12-7-6-9-16-27(5)17-10-8-11-18-27;3-1(4,5)14(10,11)9-15(12,13)2(6,7)8/h13-15,20H,1,6-12,16-19H2,2-5H3;/q;-1/p+1. The predicted octanol–water partition coefficient (Wildman–Crippen LogP) is 6.93. The summed E-state index contributed by atoms with van der Waals surface area (Å²) in [6.45, 7) is 14.4. The van der Waals surface area contributed by atoms with E-state index in [-0.39, 0.29) is 6.09 Å². The number of hydrogen-bond acceptors (Lipinski definition) is 6. The van der Waals surface area contributed by atoms with Gasteiger partial charge in [-0.1, -0.05) is 30.4 Å². The van der Waals surface area contributed by atoms with Gasteiger partial charge in [-0.15, -0.1) is 0 Å². The van der Waals surface area contributed by atoms with Gasteiger partial charge in [0.25, 0.3) is 0 Å². The zero-order valence-electron chi connectivity index (χ0n) is 25.2. The summed E-state index contributed by atoms with van der Waals surface area (Å²) in [5, 5.41) is 3.00. The molecule has 1 saturated heterocycles. The molecule has 1 aliphatic heterocycles. The average molecular weight is 682 g/mol. The fourth-order valence-electron chi connectivity index (χ4n) is 4.36. The number of piperidine rings is 1. The molecule has 1 fully saturated rings. The molecule has 44 heavy (non-hydrogen) atoms. The Balaban J connectivity index is 0.000000546. The van der Waals surface area contributed by atoms with Crippen LogP contribution in [0.4, 0.5) is 31.1 Å². The van der Waals surface area contributed by atoms with E-state index in [0.717, 1.165) is 33.7 Å². The lowest BCUT2D eigenvalue weighted by atomic mass is 9.92. The Hall–Kier alpha value is -2.37. The molecule has 1 aromatic rings. The van der Waals surface area contributed by atoms with Crippen LogP contribution in [0.15, 0.2) is 30.8 Å². The number of alkyl halides is 6. The number of allylic oxidation sites excluding steroid dienone is 1. The Kier molecular flexibility index (Phi) is 14.2. The molecule has 0 unspecified atom stereocenters. The minimum Gasteiger partial charge on any atom is -0.450 e. The number of benzene rings is 1. The van der Waals surface area contributed by atoms with Gasteiger partial charge in [0.2, 0.25) is 0 Å². The summed E-state index contributed by atoms with van der Waals surface area (Å²) in [5.41, 5.74) is -9.75. The summed E-state index contributed by atoms with van der Waals surface area (Å²) in [7, 11) is -11.0. The van der Waals surface area contributed by atoms with Gasteiger partial charge in [0.15, 0.2) is 20.0 Å². The number of carbonyl (C=O) groups is 1. The van der Waals surface area contributed by atoms with Crippen LogP contribution in [0.5, 0.6) is 0 Å². The number of alkyl carbamates (subject to hydrolysis) is 1. The van der Waals surface area contributed by atoms with Crippen molar-refractivity contribution in [2.45, 2.75) is 82.3 Å². The van der Waals surface area contributed by atoms with E-state index in [4.69, 9.17) is 4.74 Å². The monoisotopic (exact) mass is 681 g/mol. The van der Waals surface area contributed by atoms with Crippen molar-refractivity contribution < 1.29 is 57.2 Å². The van der Waals surface area contributed by atoms with Crippen LogP contribution in [-0.2, 0) is 30.3 Å². The second kappa shape index (κ2) is 15.8. The highest BCUT2D eigenvalue weighted by Gasteiger charge is 2.47. The van der Waals surface area contributed by atoms with Crippen LogP contribution in [0.1, 0.15) is 76.8 Å². The maximum Gasteiger partial charge on any atom is 0.480 e. The molecule has 9 nitrogen and oxygen atoms in total. The number of hydrogen-bond donors (Lipinski definition) is 1. The first-order valence-corrected chi connectivity index (χ1v) is 16.7. The molecule has 1 N–H and O–H groups in total. The maximum atomic E-state index is 12.2. The lowest BCUT2D eigenvalue weighted by Crippen LogP contribution is -2.48. The van der Waals surface area contributed by atoms with Crippen molar-refractivity contribution in [1.29, 1.82) is 0 Å². The zero-order valence-corrected chi connectivity index (χ0v) is 26.9. The molecule has 0 radical (unpaired) electrons. The zero-order chi connectivity index (χ0) is 34.0. The van der Waals surface area contributed by atoms with Gasteiger partial charge in [-0.25, -0.2) is 21.6 Å². The summed E-state index contributed by atoms with van der Waals surface area (Å²) in [5.74, 6) is 0. The van der Waals surface area contributed by atoms with E-state index < -0.39 is 36.6 Å². The van der Waals surface area contributed by atoms with Crippen LogP contribution in [0.2, 0.25) is 0 Å². The highest BCUT2D eigenvalue weighted by atomic mass is 32.3.